The Morgan fingerprint density at radius 2 is 2.11 bits per heavy atom. The van der Waals surface area contributed by atoms with Gasteiger partial charge in [-0.1, -0.05) is 17.7 Å². The smallest absolute Gasteiger partial charge is 0.0426 e. The van der Waals surface area contributed by atoms with E-state index >= 15 is 0 Å². The first kappa shape index (κ1) is 14.6. The molecule has 3 nitrogen and oxygen atoms in total. The number of piperazine rings is 1. The molecule has 0 aliphatic carbocycles. The molecule has 0 aromatic heterocycles. The van der Waals surface area contributed by atoms with Crippen molar-refractivity contribution in [3.63, 3.8) is 0 Å². The second-order valence-corrected chi connectivity index (χ2v) is 6.38. The van der Waals surface area contributed by atoms with Crippen LogP contribution in [-0.2, 0) is 0 Å². The lowest BCUT2D eigenvalue weighted by atomic mass is 10.00. The summed E-state index contributed by atoms with van der Waals surface area (Å²) in [6.45, 7) is 10.1. The predicted molar refractivity (Wildman–Crippen MR) is 83.1 cm³/mol. The largest absolute Gasteiger partial charge is 0.384 e. The fourth-order valence-corrected chi connectivity index (χ4v) is 2.68. The molecule has 0 bridgehead atoms. The quantitative estimate of drug-likeness (QED) is 0.916. The first-order valence-electron chi connectivity index (χ1n) is 6.90. The molecule has 19 heavy (non-hydrogen) atoms. The Labute approximate surface area is 121 Å². The van der Waals surface area contributed by atoms with Gasteiger partial charge in [0.25, 0.3) is 0 Å². The minimum absolute atomic E-state index is 0.272. The number of halogens is 1. The Morgan fingerprint density at radius 3 is 2.79 bits per heavy atom. The van der Waals surface area contributed by atoms with E-state index in [-0.39, 0.29) is 5.54 Å². The SMILES string of the molecule is CN1CCN(CCNc2cccc(Cl)c2)CC1(C)C. The number of nitrogens with one attached hydrogen (secondary N) is 1. The van der Waals surface area contributed by atoms with Crippen LogP contribution in [0, 0.1) is 0 Å². The van der Waals surface area contributed by atoms with E-state index in [0.29, 0.717) is 0 Å². The Morgan fingerprint density at radius 1 is 1.32 bits per heavy atom. The summed E-state index contributed by atoms with van der Waals surface area (Å²) in [5.74, 6) is 0. The Bertz CT molecular complexity index is 420. The van der Waals surface area contributed by atoms with Crippen LogP contribution in [0.25, 0.3) is 0 Å². The molecular weight excluding hydrogens is 258 g/mol. The second kappa shape index (κ2) is 6.12. The molecule has 0 saturated carbocycles. The molecule has 0 amide bonds. The zero-order chi connectivity index (χ0) is 13.9. The number of benzene rings is 1. The molecule has 0 unspecified atom stereocenters. The number of rotatable bonds is 4. The van der Waals surface area contributed by atoms with Crippen molar-refractivity contribution < 1.29 is 0 Å². The Hall–Kier alpha value is -0.770. The van der Waals surface area contributed by atoms with E-state index < -0.39 is 0 Å². The van der Waals surface area contributed by atoms with Gasteiger partial charge >= 0.3 is 0 Å². The summed E-state index contributed by atoms with van der Waals surface area (Å²) in [5.41, 5.74) is 1.37. The van der Waals surface area contributed by atoms with E-state index in [0.717, 1.165) is 43.4 Å². The molecule has 0 atom stereocenters. The van der Waals surface area contributed by atoms with Crippen LogP contribution in [0.2, 0.25) is 5.02 Å². The van der Waals surface area contributed by atoms with Gasteiger partial charge < -0.3 is 5.32 Å². The van der Waals surface area contributed by atoms with Crippen LogP contribution in [0.1, 0.15) is 13.8 Å². The lowest BCUT2D eigenvalue weighted by Crippen LogP contribution is -2.58. The molecule has 2 rings (SSSR count). The summed E-state index contributed by atoms with van der Waals surface area (Å²) >= 11 is 5.97. The highest BCUT2D eigenvalue weighted by Crippen LogP contribution is 2.19. The van der Waals surface area contributed by atoms with E-state index in [4.69, 9.17) is 11.6 Å². The predicted octanol–water partition coefficient (Wildman–Crippen LogP) is 2.78. The molecular formula is C15H24ClN3. The molecule has 0 radical (unpaired) electrons. The van der Waals surface area contributed by atoms with E-state index in [2.05, 4.69) is 42.1 Å². The number of likely N-dealkylation sites (N-methyl/N-ethyl adjacent to an activating group) is 1. The highest BCUT2D eigenvalue weighted by molar-refractivity contribution is 6.30. The van der Waals surface area contributed by atoms with Crippen molar-refractivity contribution in [1.82, 2.24) is 9.80 Å². The van der Waals surface area contributed by atoms with Gasteiger partial charge in [0.05, 0.1) is 0 Å². The second-order valence-electron chi connectivity index (χ2n) is 5.95. The van der Waals surface area contributed by atoms with Gasteiger partial charge in [-0.15, -0.1) is 0 Å². The van der Waals surface area contributed by atoms with Crippen molar-refractivity contribution in [1.29, 1.82) is 0 Å². The fourth-order valence-electron chi connectivity index (χ4n) is 2.49. The molecule has 1 saturated heterocycles. The number of anilines is 1. The monoisotopic (exact) mass is 281 g/mol. The lowest BCUT2D eigenvalue weighted by Gasteiger charge is -2.45. The van der Waals surface area contributed by atoms with Crippen molar-refractivity contribution in [2.75, 3.05) is 45.1 Å². The molecule has 1 aliphatic heterocycles. The van der Waals surface area contributed by atoms with Crippen molar-refractivity contribution >= 4 is 17.3 Å². The third kappa shape index (κ3) is 4.10. The summed E-state index contributed by atoms with van der Waals surface area (Å²) in [6, 6.07) is 7.90. The molecule has 4 heteroatoms. The van der Waals surface area contributed by atoms with Gasteiger partial charge in [0.15, 0.2) is 0 Å². The fraction of sp³-hybridized carbons (Fsp3) is 0.600. The van der Waals surface area contributed by atoms with Crippen LogP contribution >= 0.6 is 11.6 Å². The van der Waals surface area contributed by atoms with Crippen molar-refractivity contribution in [2.45, 2.75) is 19.4 Å². The van der Waals surface area contributed by atoms with Gasteiger partial charge in [-0.2, -0.15) is 0 Å². The molecule has 1 aromatic carbocycles. The van der Waals surface area contributed by atoms with Crippen LogP contribution < -0.4 is 5.32 Å². The standard InChI is InChI=1S/C15H24ClN3/c1-15(2)12-19(10-9-18(15)3)8-7-17-14-6-4-5-13(16)11-14/h4-6,11,17H,7-10,12H2,1-3H3. The third-order valence-corrected chi connectivity index (χ3v) is 4.21. The zero-order valence-corrected chi connectivity index (χ0v) is 12.9. The molecule has 1 heterocycles. The molecule has 1 fully saturated rings. The maximum absolute atomic E-state index is 5.97. The first-order valence-corrected chi connectivity index (χ1v) is 7.28. The van der Waals surface area contributed by atoms with E-state index in [9.17, 15) is 0 Å². The minimum Gasteiger partial charge on any atom is -0.384 e. The lowest BCUT2D eigenvalue weighted by molar-refractivity contribution is 0.0423. The van der Waals surface area contributed by atoms with Crippen molar-refractivity contribution in [3.05, 3.63) is 29.3 Å². The van der Waals surface area contributed by atoms with E-state index in [1.165, 1.54) is 0 Å². The number of hydrogen-bond donors (Lipinski definition) is 1. The topological polar surface area (TPSA) is 18.5 Å². The zero-order valence-electron chi connectivity index (χ0n) is 12.1. The van der Waals surface area contributed by atoms with Gasteiger partial charge in [0.2, 0.25) is 0 Å². The van der Waals surface area contributed by atoms with Crippen LogP contribution in [-0.4, -0.2) is 55.1 Å². The maximum Gasteiger partial charge on any atom is 0.0426 e. The summed E-state index contributed by atoms with van der Waals surface area (Å²) in [7, 11) is 2.21. The van der Waals surface area contributed by atoms with Crippen LogP contribution in [0.5, 0.6) is 0 Å². The highest BCUT2D eigenvalue weighted by atomic mass is 35.5. The summed E-state index contributed by atoms with van der Waals surface area (Å²) < 4.78 is 0. The molecule has 1 aliphatic rings. The van der Waals surface area contributed by atoms with Crippen molar-refractivity contribution in [3.8, 4) is 0 Å². The third-order valence-electron chi connectivity index (χ3n) is 3.98. The van der Waals surface area contributed by atoms with Crippen molar-refractivity contribution in [2.24, 2.45) is 0 Å². The van der Waals surface area contributed by atoms with Gasteiger partial charge in [-0.3, -0.25) is 9.80 Å². The van der Waals surface area contributed by atoms with Crippen LogP contribution in [0.15, 0.2) is 24.3 Å². The molecule has 106 valence electrons. The van der Waals surface area contributed by atoms with Crippen LogP contribution in [0.3, 0.4) is 0 Å². The number of nitrogens with zero attached hydrogens (tertiary/aromatic N) is 2. The van der Waals surface area contributed by atoms with E-state index in [1.54, 1.807) is 0 Å². The average molecular weight is 282 g/mol. The Kier molecular flexibility index (Phi) is 4.71. The van der Waals surface area contributed by atoms with Gasteiger partial charge in [-0.25, -0.2) is 0 Å². The minimum atomic E-state index is 0.272. The Balaban J connectivity index is 1.77. The van der Waals surface area contributed by atoms with Gasteiger partial charge in [0, 0.05) is 49.0 Å². The summed E-state index contributed by atoms with van der Waals surface area (Å²) in [6.07, 6.45) is 0. The average Bonchev–Trinajstić information content (AvgIpc) is 2.33. The summed E-state index contributed by atoms with van der Waals surface area (Å²) in [4.78, 5) is 4.96. The summed E-state index contributed by atoms with van der Waals surface area (Å²) in [5, 5.41) is 4.21. The highest BCUT2D eigenvalue weighted by Gasteiger charge is 2.30. The normalized spacial score (nSPS) is 20.4. The maximum atomic E-state index is 5.97. The molecule has 1 N–H and O–H groups in total. The van der Waals surface area contributed by atoms with E-state index in [1.807, 2.05) is 18.2 Å². The van der Waals surface area contributed by atoms with Crippen LogP contribution in [0.4, 0.5) is 5.69 Å². The van der Waals surface area contributed by atoms with Gasteiger partial charge in [0.1, 0.15) is 0 Å². The first-order chi connectivity index (χ1) is 8.97. The molecule has 1 aromatic rings. The number of hydrogen-bond acceptors (Lipinski definition) is 3. The van der Waals surface area contributed by atoms with Gasteiger partial charge in [-0.05, 0) is 39.1 Å². The molecule has 0 spiro atoms.